The van der Waals surface area contributed by atoms with Gasteiger partial charge in [-0.25, -0.2) is 0 Å². The Hall–Kier alpha value is -2.31. The number of carbonyl (C=O) groups is 2. The van der Waals surface area contributed by atoms with Gasteiger partial charge in [0.05, 0.1) is 11.0 Å². The Morgan fingerprint density at radius 3 is 2.78 bits per heavy atom. The van der Waals surface area contributed by atoms with Crippen molar-refractivity contribution in [3.05, 3.63) is 47.2 Å². The van der Waals surface area contributed by atoms with Gasteiger partial charge in [-0.3, -0.25) is 9.59 Å². The van der Waals surface area contributed by atoms with Crippen LogP contribution in [0.5, 0.6) is 0 Å². The molecule has 1 N–H and O–H groups in total. The van der Waals surface area contributed by atoms with Crippen LogP contribution in [-0.2, 0) is 22.3 Å². The van der Waals surface area contributed by atoms with Crippen molar-refractivity contribution in [1.82, 2.24) is 10.2 Å². The molecule has 1 aliphatic carbocycles. The lowest BCUT2D eigenvalue weighted by Crippen LogP contribution is -2.52. The van der Waals surface area contributed by atoms with Gasteiger partial charge in [0.1, 0.15) is 0 Å². The Kier molecular flexibility index (Phi) is 5.31. The summed E-state index contributed by atoms with van der Waals surface area (Å²) < 4.78 is 38.6. The summed E-state index contributed by atoms with van der Waals surface area (Å²) in [5.41, 5.74) is -0.334. The van der Waals surface area contributed by atoms with E-state index in [4.69, 9.17) is 0 Å². The van der Waals surface area contributed by atoms with Crippen LogP contribution in [0.2, 0.25) is 0 Å². The van der Waals surface area contributed by atoms with Gasteiger partial charge in [0.15, 0.2) is 0 Å². The lowest BCUT2D eigenvalue weighted by Gasteiger charge is -2.45. The molecule has 1 aromatic rings. The van der Waals surface area contributed by atoms with Gasteiger partial charge >= 0.3 is 6.18 Å². The Bertz CT molecular complexity index is 773. The highest BCUT2D eigenvalue weighted by atomic mass is 19.4. The number of hydrogen-bond donors (Lipinski definition) is 1. The molecule has 1 atom stereocenters. The third kappa shape index (κ3) is 3.73. The van der Waals surface area contributed by atoms with E-state index in [0.717, 1.165) is 30.7 Å². The van der Waals surface area contributed by atoms with Crippen LogP contribution in [0, 0.1) is 5.41 Å². The van der Waals surface area contributed by atoms with Crippen LogP contribution < -0.4 is 5.32 Å². The average Bonchev–Trinajstić information content (AvgIpc) is 2.65. The van der Waals surface area contributed by atoms with Crippen molar-refractivity contribution in [3.63, 3.8) is 0 Å². The molecule has 1 aliphatic heterocycles. The second kappa shape index (κ2) is 7.37. The summed E-state index contributed by atoms with van der Waals surface area (Å²) in [6, 6.07) is 4.97. The number of rotatable bonds is 4. The Balaban J connectivity index is 1.78. The molecule has 146 valence electrons. The van der Waals surface area contributed by atoms with Gasteiger partial charge in [0.2, 0.25) is 11.8 Å². The predicted molar refractivity (Wildman–Crippen MR) is 94.3 cm³/mol. The van der Waals surface area contributed by atoms with E-state index in [1.165, 1.54) is 6.07 Å². The third-order valence-electron chi connectivity index (χ3n) is 5.45. The monoisotopic (exact) mass is 380 g/mol. The van der Waals surface area contributed by atoms with E-state index in [9.17, 15) is 22.8 Å². The van der Waals surface area contributed by atoms with Crippen LogP contribution in [0.1, 0.15) is 50.2 Å². The minimum Gasteiger partial charge on any atom is -0.351 e. The minimum absolute atomic E-state index is 0.0203. The van der Waals surface area contributed by atoms with Crippen LogP contribution in [0.15, 0.2) is 36.0 Å². The number of nitrogens with zero attached hydrogens (tertiary/aromatic N) is 1. The molecule has 0 radical (unpaired) electrons. The topological polar surface area (TPSA) is 49.4 Å². The van der Waals surface area contributed by atoms with E-state index in [2.05, 4.69) is 5.32 Å². The lowest BCUT2D eigenvalue weighted by molar-refractivity contribution is -0.140. The summed E-state index contributed by atoms with van der Waals surface area (Å²) in [7, 11) is 0. The predicted octanol–water partition coefficient (Wildman–Crippen LogP) is 4.02. The van der Waals surface area contributed by atoms with Gasteiger partial charge in [0, 0.05) is 25.2 Å². The molecule has 0 saturated carbocycles. The second-order valence-corrected chi connectivity index (χ2v) is 7.08. The van der Waals surface area contributed by atoms with Crippen molar-refractivity contribution >= 4 is 11.8 Å². The zero-order chi connectivity index (χ0) is 19.7. The smallest absolute Gasteiger partial charge is 0.351 e. The Morgan fingerprint density at radius 1 is 1.30 bits per heavy atom. The van der Waals surface area contributed by atoms with Crippen molar-refractivity contribution < 1.29 is 22.8 Å². The van der Waals surface area contributed by atoms with Gasteiger partial charge in [-0.1, -0.05) is 18.2 Å². The summed E-state index contributed by atoms with van der Waals surface area (Å²) in [6.07, 6.45) is 0.632. The Morgan fingerprint density at radius 2 is 2.07 bits per heavy atom. The molecule has 1 saturated heterocycles. The number of benzene rings is 1. The lowest BCUT2D eigenvalue weighted by atomic mass is 9.69. The summed E-state index contributed by atoms with van der Waals surface area (Å²) in [4.78, 5) is 26.9. The second-order valence-electron chi connectivity index (χ2n) is 7.08. The van der Waals surface area contributed by atoms with Crippen LogP contribution in [0.3, 0.4) is 0 Å². The third-order valence-corrected chi connectivity index (χ3v) is 5.45. The van der Waals surface area contributed by atoms with E-state index in [0.29, 0.717) is 31.4 Å². The molecule has 0 aromatic heterocycles. The Labute approximate surface area is 156 Å². The van der Waals surface area contributed by atoms with Crippen molar-refractivity contribution in [1.29, 1.82) is 0 Å². The number of alkyl halides is 3. The molecule has 0 bridgehead atoms. The number of nitrogens with one attached hydrogen (secondary N) is 1. The van der Waals surface area contributed by atoms with E-state index in [-0.39, 0.29) is 18.4 Å². The molecule has 4 nitrogen and oxygen atoms in total. The van der Waals surface area contributed by atoms with Gasteiger partial charge in [-0.2, -0.15) is 13.2 Å². The van der Waals surface area contributed by atoms with Gasteiger partial charge < -0.3 is 10.2 Å². The van der Waals surface area contributed by atoms with Crippen molar-refractivity contribution in [2.75, 3.05) is 6.54 Å². The number of fused-ring (bicyclic) bond motifs is 1. The highest BCUT2D eigenvalue weighted by molar-refractivity contribution is 5.91. The maximum Gasteiger partial charge on any atom is 0.416 e. The van der Waals surface area contributed by atoms with Crippen LogP contribution in [0.4, 0.5) is 13.2 Å². The molecule has 27 heavy (non-hydrogen) atoms. The molecule has 1 aromatic carbocycles. The summed E-state index contributed by atoms with van der Waals surface area (Å²) in [5.74, 6) is -0.191. The SMILES string of the molecule is CCN1C(=O)CCC2(C(=O)NCc3cccc(C(F)(F)F)c3)CCCC=C12. The number of halogens is 3. The number of amides is 2. The zero-order valence-electron chi connectivity index (χ0n) is 15.2. The van der Waals surface area contributed by atoms with Gasteiger partial charge in [-0.15, -0.1) is 0 Å². The highest BCUT2D eigenvalue weighted by Crippen LogP contribution is 2.46. The first-order chi connectivity index (χ1) is 12.8. The van der Waals surface area contributed by atoms with E-state index in [1.807, 2.05) is 13.0 Å². The van der Waals surface area contributed by atoms with Crippen molar-refractivity contribution in [3.8, 4) is 0 Å². The van der Waals surface area contributed by atoms with E-state index < -0.39 is 17.2 Å². The summed E-state index contributed by atoms with van der Waals surface area (Å²) in [5, 5.41) is 2.81. The maximum atomic E-state index is 13.1. The van der Waals surface area contributed by atoms with Gasteiger partial charge in [-0.05, 0) is 50.3 Å². The van der Waals surface area contributed by atoms with Gasteiger partial charge in [0.25, 0.3) is 0 Å². The van der Waals surface area contributed by atoms with Crippen LogP contribution in [0.25, 0.3) is 0 Å². The molecule has 2 aliphatic rings. The van der Waals surface area contributed by atoms with Crippen LogP contribution in [-0.4, -0.2) is 23.3 Å². The molecule has 1 unspecified atom stereocenters. The number of carbonyl (C=O) groups excluding carboxylic acids is 2. The zero-order valence-corrected chi connectivity index (χ0v) is 15.2. The number of likely N-dealkylation sites (tertiary alicyclic amines) is 1. The molecule has 3 rings (SSSR count). The maximum absolute atomic E-state index is 13.1. The van der Waals surface area contributed by atoms with E-state index in [1.54, 1.807) is 11.0 Å². The van der Waals surface area contributed by atoms with E-state index >= 15 is 0 Å². The quantitative estimate of drug-likeness (QED) is 0.858. The number of allylic oxidation sites excluding steroid dienone is 1. The summed E-state index contributed by atoms with van der Waals surface area (Å²) >= 11 is 0. The highest BCUT2D eigenvalue weighted by Gasteiger charge is 2.49. The normalized spacial score (nSPS) is 22.9. The number of piperidine rings is 1. The largest absolute Gasteiger partial charge is 0.416 e. The fourth-order valence-electron chi connectivity index (χ4n) is 4.08. The molecule has 1 heterocycles. The standard InChI is InChI=1S/C20H23F3N2O2/c1-2-25-16-8-3-4-10-19(16,11-9-17(25)26)18(27)24-13-14-6-5-7-15(12-14)20(21,22)23/h5-8,12H,2-4,9-11,13H2,1H3,(H,24,27). The van der Waals surface area contributed by atoms with Crippen molar-refractivity contribution in [2.45, 2.75) is 51.7 Å². The molecular weight excluding hydrogens is 357 g/mol. The molecule has 1 fully saturated rings. The fourth-order valence-corrected chi connectivity index (χ4v) is 4.08. The fraction of sp³-hybridized carbons (Fsp3) is 0.500. The first-order valence-corrected chi connectivity index (χ1v) is 9.23. The molecule has 0 spiro atoms. The van der Waals surface area contributed by atoms with Crippen LogP contribution >= 0.6 is 0 Å². The first-order valence-electron chi connectivity index (χ1n) is 9.23. The molecule has 2 amide bonds. The van der Waals surface area contributed by atoms with Crippen molar-refractivity contribution in [2.24, 2.45) is 5.41 Å². The first kappa shape index (κ1) is 19.5. The molecule has 7 heteroatoms. The number of hydrogen-bond acceptors (Lipinski definition) is 2. The average molecular weight is 380 g/mol. The molecular formula is C20H23F3N2O2. The minimum atomic E-state index is -4.41. The summed E-state index contributed by atoms with van der Waals surface area (Å²) in [6.45, 7) is 2.41.